The Kier molecular flexibility index (Phi) is 4.55. The van der Waals surface area contributed by atoms with E-state index in [0.717, 1.165) is 0 Å². The lowest BCUT2D eigenvalue weighted by atomic mass is 10.1. The summed E-state index contributed by atoms with van der Waals surface area (Å²) in [5, 5.41) is 12.3. The zero-order valence-electron chi connectivity index (χ0n) is 8.11. The van der Waals surface area contributed by atoms with E-state index in [-0.39, 0.29) is 0 Å². The highest BCUT2D eigenvalue weighted by molar-refractivity contribution is 6.30. The van der Waals surface area contributed by atoms with E-state index in [1.165, 1.54) is 0 Å². The van der Waals surface area contributed by atoms with Crippen molar-refractivity contribution in [3.63, 3.8) is 0 Å². The molecular formula is C10H13ClN2O2. The van der Waals surface area contributed by atoms with Gasteiger partial charge in [-0.05, 0) is 17.7 Å². The van der Waals surface area contributed by atoms with Crippen LogP contribution in [0.4, 0.5) is 0 Å². The first-order chi connectivity index (χ1) is 7.15. The van der Waals surface area contributed by atoms with Crippen molar-refractivity contribution in [3.8, 4) is 0 Å². The number of halogens is 1. The fraction of sp³-hybridized carbons (Fsp3) is 0.300. The molecule has 4 nitrogen and oxygen atoms in total. The SMILES string of the molecule is NCCNC(C(=O)O)c1cccc(Cl)c1. The minimum Gasteiger partial charge on any atom is -0.480 e. The van der Waals surface area contributed by atoms with Gasteiger partial charge in [0.2, 0.25) is 0 Å². The van der Waals surface area contributed by atoms with Gasteiger partial charge < -0.3 is 10.8 Å². The molecule has 1 unspecified atom stereocenters. The van der Waals surface area contributed by atoms with E-state index in [9.17, 15) is 4.79 Å². The molecule has 1 atom stereocenters. The van der Waals surface area contributed by atoms with E-state index in [2.05, 4.69) is 5.32 Å². The Balaban J connectivity index is 2.84. The number of rotatable bonds is 5. The Morgan fingerprint density at radius 2 is 2.33 bits per heavy atom. The topological polar surface area (TPSA) is 75.3 Å². The molecule has 0 radical (unpaired) electrons. The summed E-state index contributed by atoms with van der Waals surface area (Å²) in [6, 6.07) is 6.01. The third kappa shape index (κ3) is 3.51. The quantitative estimate of drug-likeness (QED) is 0.703. The molecular weight excluding hydrogens is 216 g/mol. The second kappa shape index (κ2) is 5.70. The lowest BCUT2D eigenvalue weighted by Gasteiger charge is -2.14. The Morgan fingerprint density at radius 1 is 1.60 bits per heavy atom. The summed E-state index contributed by atoms with van der Waals surface area (Å²) >= 11 is 5.78. The van der Waals surface area contributed by atoms with Gasteiger partial charge in [0.15, 0.2) is 0 Å². The number of hydrogen-bond donors (Lipinski definition) is 3. The number of aliphatic carboxylic acids is 1. The number of carboxylic acids is 1. The van der Waals surface area contributed by atoms with Crippen molar-refractivity contribution in [2.75, 3.05) is 13.1 Å². The number of carboxylic acid groups (broad SMARTS) is 1. The molecule has 0 fully saturated rings. The Hall–Kier alpha value is -1.10. The largest absolute Gasteiger partial charge is 0.480 e. The van der Waals surface area contributed by atoms with Crippen LogP contribution in [0.3, 0.4) is 0 Å². The number of nitrogens with one attached hydrogen (secondary N) is 1. The van der Waals surface area contributed by atoms with Gasteiger partial charge in [-0.2, -0.15) is 0 Å². The molecule has 82 valence electrons. The summed E-state index contributed by atoms with van der Waals surface area (Å²) in [7, 11) is 0. The molecule has 0 aliphatic heterocycles. The molecule has 5 heteroatoms. The van der Waals surface area contributed by atoms with E-state index in [1.807, 2.05) is 0 Å². The average Bonchev–Trinajstić information content (AvgIpc) is 2.18. The lowest BCUT2D eigenvalue weighted by molar-refractivity contribution is -0.139. The van der Waals surface area contributed by atoms with Crippen molar-refractivity contribution in [3.05, 3.63) is 34.9 Å². The molecule has 0 aromatic heterocycles. The van der Waals surface area contributed by atoms with Gasteiger partial charge in [-0.25, -0.2) is 0 Å². The first-order valence-corrected chi connectivity index (χ1v) is 4.94. The van der Waals surface area contributed by atoms with Gasteiger partial charge in [0.05, 0.1) is 0 Å². The third-order valence-electron chi connectivity index (χ3n) is 1.92. The summed E-state index contributed by atoms with van der Waals surface area (Å²) in [4.78, 5) is 11.0. The van der Waals surface area contributed by atoms with Crippen LogP contribution in [0.15, 0.2) is 24.3 Å². The maximum absolute atomic E-state index is 11.0. The summed E-state index contributed by atoms with van der Waals surface area (Å²) in [5.41, 5.74) is 5.93. The van der Waals surface area contributed by atoms with Crippen molar-refractivity contribution in [2.45, 2.75) is 6.04 Å². The first kappa shape index (κ1) is 12.0. The van der Waals surface area contributed by atoms with Crippen LogP contribution in [0, 0.1) is 0 Å². The van der Waals surface area contributed by atoms with Gasteiger partial charge in [-0.15, -0.1) is 0 Å². The van der Waals surface area contributed by atoms with Crippen molar-refractivity contribution in [2.24, 2.45) is 5.73 Å². The maximum atomic E-state index is 11.0. The zero-order chi connectivity index (χ0) is 11.3. The first-order valence-electron chi connectivity index (χ1n) is 4.57. The third-order valence-corrected chi connectivity index (χ3v) is 2.16. The molecule has 0 spiro atoms. The van der Waals surface area contributed by atoms with Gasteiger partial charge in [-0.3, -0.25) is 10.1 Å². The summed E-state index contributed by atoms with van der Waals surface area (Å²) in [6.07, 6.45) is 0. The molecule has 0 saturated carbocycles. The van der Waals surface area contributed by atoms with Crippen LogP contribution in [0.5, 0.6) is 0 Å². The zero-order valence-corrected chi connectivity index (χ0v) is 8.87. The lowest BCUT2D eigenvalue weighted by Crippen LogP contribution is -2.32. The van der Waals surface area contributed by atoms with Gasteiger partial charge >= 0.3 is 5.97 Å². The molecule has 0 heterocycles. The number of benzene rings is 1. The minimum atomic E-state index is -0.939. The van der Waals surface area contributed by atoms with Crippen LogP contribution in [0.1, 0.15) is 11.6 Å². The molecule has 0 amide bonds. The molecule has 0 bridgehead atoms. The van der Waals surface area contributed by atoms with Gasteiger partial charge in [0.1, 0.15) is 6.04 Å². The number of carbonyl (C=O) groups is 1. The standard InChI is InChI=1S/C10H13ClN2O2/c11-8-3-1-2-7(6-8)9(10(14)15)13-5-4-12/h1-3,6,9,13H,4-5,12H2,(H,14,15). The van der Waals surface area contributed by atoms with E-state index in [4.69, 9.17) is 22.4 Å². The van der Waals surface area contributed by atoms with Crippen LogP contribution in [0.25, 0.3) is 0 Å². The maximum Gasteiger partial charge on any atom is 0.325 e. The molecule has 1 aromatic carbocycles. The Morgan fingerprint density at radius 3 is 2.87 bits per heavy atom. The molecule has 4 N–H and O–H groups in total. The minimum absolute atomic E-state index is 0.393. The van der Waals surface area contributed by atoms with Gasteiger partial charge in [0, 0.05) is 18.1 Å². The highest BCUT2D eigenvalue weighted by atomic mass is 35.5. The van der Waals surface area contributed by atoms with E-state index in [0.29, 0.717) is 23.7 Å². The van der Waals surface area contributed by atoms with E-state index in [1.54, 1.807) is 24.3 Å². The molecule has 15 heavy (non-hydrogen) atoms. The van der Waals surface area contributed by atoms with Crippen LogP contribution in [0.2, 0.25) is 5.02 Å². The second-order valence-corrected chi connectivity index (χ2v) is 3.51. The van der Waals surface area contributed by atoms with Crippen molar-refractivity contribution < 1.29 is 9.90 Å². The summed E-state index contributed by atoms with van der Waals surface area (Å²) < 4.78 is 0. The smallest absolute Gasteiger partial charge is 0.325 e. The predicted octanol–water partition coefficient (Wildman–Crippen LogP) is 1.01. The summed E-state index contributed by atoms with van der Waals surface area (Å²) in [6.45, 7) is 0.841. The number of hydrogen-bond acceptors (Lipinski definition) is 3. The predicted molar refractivity (Wildman–Crippen MR) is 58.9 cm³/mol. The summed E-state index contributed by atoms with van der Waals surface area (Å²) in [5.74, 6) is -0.939. The molecule has 0 saturated heterocycles. The van der Waals surface area contributed by atoms with Crippen LogP contribution in [-0.4, -0.2) is 24.2 Å². The highest BCUT2D eigenvalue weighted by Crippen LogP contribution is 2.17. The second-order valence-electron chi connectivity index (χ2n) is 3.07. The van der Waals surface area contributed by atoms with E-state index < -0.39 is 12.0 Å². The fourth-order valence-corrected chi connectivity index (χ4v) is 1.46. The van der Waals surface area contributed by atoms with Gasteiger partial charge in [-0.1, -0.05) is 23.7 Å². The van der Waals surface area contributed by atoms with E-state index >= 15 is 0 Å². The van der Waals surface area contributed by atoms with Gasteiger partial charge in [0.25, 0.3) is 0 Å². The van der Waals surface area contributed by atoms with Crippen LogP contribution < -0.4 is 11.1 Å². The van der Waals surface area contributed by atoms with Crippen LogP contribution in [-0.2, 0) is 4.79 Å². The molecule has 1 rings (SSSR count). The average molecular weight is 229 g/mol. The monoisotopic (exact) mass is 228 g/mol. The Bertz CT molecular complexity index is 344. The van der Waals surface area contributed by atoms with Crippen LogP contribution >= 0.6 is 11.6 Å². The molecule has 0 aliphatic carbocycles. The number of nitrogens with two attached hydrogens (primary N) is 1. The molecule has 1 aromatic rings. The van der Waals surface area contributed by atoms with Crippen molar-refractivity contribution >= 4 is 17.6 Å². The Labute approximate surface area is 93.0 Å². The molecule has 0 aliphatic rings. The highest BCUT2D eigenvalue weighted by Gasteiger charge is 2.18. The normalized spacial score (nSPS) is 12.4. The fourth-order valence-electron chi connectivity index (χ4n) is 1.26. The van der Waals surface area contributed by atoms with Crippen molar-refractivity contribution in [1.29, 1.82) is 0 Å². The van der Waals surface area contributed by atoms with Crippen molar-refractivity contribution in [1.82, 2.24) is 5.32 Å².